The minimum absolute atomic E-state index is 0.752. The third kappa shape index (κ3) is 2.74. The molecule has 0 bridgehead atoms. The first-order chi connectivity index (χ1) is 7.72. The van der Waals surface area contributed by atoms with Gasteiger partial charge in [0.1, 0.15) is 0 Å². The summed E-state index contributed by atoms with van der Waals surface area (Å²) < 4.78 is 0. The molecule has 0 unspecified atom stereocenters. The third-order valence-corrected chi connectivity index (χ3v) is 4.24. The zero-order valence-electron chi connectivity index (χ0n) is 10.4. The molecule has 1 aliphatic rings. The Hall–Kier alpha value is -0.610. The van der Waals surface area contributed by atoms with E-state index in [0.29, 0.717) is 0 Å². The van der Waals surface area contributed by atoms with Gasteiger partial charge in [-0.25, -0.2) is 4.98 Å². The van der Waals surface area contributed by atoms with Crippen LogP contribution in [-0.4, -0.2) is 24.6 Å². The zero-order valence-corrected chi connectivity index (χ0v) is 11.2. The molecule has 3 nitrogen and oxygen atoms in total. The van der Waals surface area contributed by atoms with Crippen LogP contribution >= 0.6 is 11.3 Å². The number of nitrogens with one attached hydrogen (secondary N) is 1. The first kappa shape index (κ1) is 11.9. The predicted octanol–water partition coefficient (Wildman–Crippen LogP) is 2.55. The molecule has 0 atom stereocenters. The Morgan fingerprint density at radius 1 is 1.50 bits per heavy atom. The van der Waals surface area contributed by atoms with Gasteiger partial charge in [0.2, 0.25) is 0 Å². The fourth-order valence-electron chi connectivity index (χ4n) is 1.72. The van der Waals surface area contributed by atoms with Crippen molar-refractivity contribution in [2.45, 2.75) is 45.7 Å². The largest absolute Gasteiger partial charge is 0.348 e. The summed E-state index contributed by atoms with van der Waals surface area (Å²) in [7, 11) is 2.17. The summed E-state index contributed by atoms with van der Waals surface area (Å²) in [5.41, 5.74) is 1.19. The number of rotatable bonds is 6. The molecule has 2 rings (SSSR count). The van der Waals surface area contributed by atoms with E-state index in [-0.39, 0.29) is 0 Å². The number of nitrogens with zero attached hydrogens (tertiary/aromatic N) is 2. The van der Waals surface area contributed by atoms with Crippen molar-refractivity contribution in [2.75, 3.05) is 18.5 Å². The highest BCUT2D eigenvalue weighted by Gasteiger charge is 2.28. The van der Waals surface area contributed by atoms with Crippen LogP contribution in [0.15, 0.2) is 0 Å². The highest BCUT2D eigenvalue weighted by atomic mass is 32.1. The first-order valence-electron chi connectivity index (χ1n) is 6.12. The summed E-state index contributed by atoms with van der Waals surface area (Å²) in [6.45, 7) is 6.36. The number of thiazole rings is 1. The summed E-state index contributed by atoms with van der Waals surface area (Å²) in [4.78, 5) is 8.37. The fraction of sp³-hybridized carbons (Fsp3) is 0.750. The summed E-state index contributed by atoms with van der Waals surface area (Å²) in [6.07, 6.45) is 3.85. The van der Waals surface area contributed by atoms with Gasteiger partial charge in [-0.2, -0.15) is 0 Å². The number of hydrogen-bond acceptors (Lipinski definition) is 4. The van der Waals surface area contributed by atoms with Gasteiger partial charge in [-0.1, -0.05) is 6.92 Å². The van der Waals surface area contributed by atoms with Crippen LogP contribution < -0.4 is 10.2 Å². The van der Waals surface area contributed by atoms with Gasteiger partial charge < -0.3 is 10.2 Å². The standard InChI is InChI=1S/C12H21N3S/c1-4-7-13-8-11-9(2)14-12(16-11)15(3)10-5-6-10/h10,13H,4-8H2,1-3H3. The Morgan fingerprint density at radius 3 is 2.88 bits per heavy atom. The van der Waals surface area contributed by atoms with E-state index in [9.17, 15) is 0 Å². The van der Waals surface area contributed by atoms with E-state index in [0.717, 1.165) is 19.1 Å². The molecule has 0 amide bonds. The van der Waals surface area contributed by atoms with Gasteiger partial charge in [0.25, 0.3) is 0 Å². The second-order valence-corrected chi connectivity index (χ2v) is 5.59. The number of anilines is 1. The van der Waals surface area contributed by atoms with E-state index >= 15 is 0 Å². The maximum absolute atomic E-state index is 4.65. The number of hydrogen-bond donors (Lipinski definition) is 1. The van der Waals surface area contributed by atoms with Crippen molar-refractivity contribution >= 4 is 16.5 Å². The maximum atomic E-state index is 4.65. The van der Waals surface area contributed by atoms with Gasteiger partial charge in [0.15, 0.2) is 5.13 Å². The van der Waals surface area contributed by atoms with E-state index in [1.165, 1.54) is 35.0 Å². The molecule has 0 spiro atoms. The Labute approximate surface area is 102 Å². The van der Waals surface area contributed by atoms with E-state index in [4.69, 9.17) is 0 Å². The van der Waals surface area contributed by atoms with Crippen LogP contribution in [0.3, 0.4) is 0 Å². The van der Waals surface area contributed by atoms with Gasteiger partial charge in [-0.05, 0) is 32.7 Å². The molecule has 4 heteroatoms. The maximum Gasteiger partial charge on any atom is 0.185 e. The predicted molar refractivity (Wildman–Crippen MR) is 70.3 cm³/mol. The van der Waals surface area contributed by atoms with Crippen LogP contribution in [0.4, 0.5) is 5.13 Å². The SMILES string of the molecule is CCCNCc1sc(N(C)C2CC2)nc1C. The molecular formula is C12H21N3S. The van der Waals surface area contributed by atoms with E-state index in [1.54, 1.807) is 0 Å². The first-order valence-corrected chi connectivity index (χ1v) is 6.94. The second-order valence-electron chi connectivity index (χ2n) is 4.52. The van der Waals surface area contributed by atoms with Crippen LogP contribution in [0, 0.1) is 6.92 Å². The molecule has 1 fully saturated rings. The smallest absolute Gasteiger partial charge is 0.185 e. The summed E-state index contributed by atoms with van der Waals surface area (Å²) in [6, 6.07) is 0.752. The van der Waals surface area contributed by atoms with Crippen LogP contribution in [0.2, 0.25) is 0 Å². The summed E-state index contributed by atoms with van der Waals surface area (Å²) in [5, 5.41) is 4.63. The van der Waals surface area contributed by atoms with E-state index < -0.39 is 0 Å². The lowest BCUT2D eigenvalue weighted by atomic mass is 10.4. The Bertz CT molecular complexity index is 344. The van der Waals surface area contributed by atoms with E-state index in [2.05, 4.69) is 36.1 Å². The molecule has 1 N–H and O–H groups in total. The highest BCUT2D eigenvalue weighted by molar-refractivity contribution is 7.15. The average molecular weight is 239 g/mol. The zero-order chi connectivity index (χ0) is 11.5. The monoisotopic (exact) mass is 239 g/mol. The molecule has 1 aromatic rings. The highest BCUT2D eigenvalue weighted by Crippen LogP contribution is 2.33. The van der Waals surface area contributed by atoms with Crippen molar-refractivity contribution in [3.8, 4) is 0 Å². The van der Waals surface area contributed by atoms with Gasteiger partial charge in [0.05, 0.1) is 5.69 Å². The lowest BCUT2D eigenvalue weighted by Crippen LogP contribution is -2.18. The van der Waals surface area contributed by atoms with Crippen molar-refractivity contribution in [1.82, 2.24) is 10.3 Å². The van der Waals surface area contributed by atoms with Crippen molar-refractivity contribution < 1.29 is 0 Å². The topological polar surface area (TPSA) is 28.2 Å². The van der Waals surface area contributed by atoms with Crippen LogP contribution in [0.5, 0.6) is 0 Å². The number of aryl methyl sites for hydroxylation is 1. The van der Waals surface area contributed by atoms with Crippen LogP contribution in [0.1, 0.15) is 36.8 Å². The molecule has 1 aliphatic carbocycles. The molecule has 16 heavy (non-hydrogen) atoms. The lowest BCUT2D eigenvalue weighted by Gasteiger charge is -2.13. The lowest BCUT2D eigenvalue weighted by molar-refractivity contribution is 0.678. The third-order valence-electron chi connectivity index (χ3n) is 2.99. The van der Waals surface area contributed by atoms with Gasteiger partial charge in [-0.15, -0.1) is 11.3 Å². The molecule has 1 aromatic heterocycles. The van der Waals surface area contributed by atoms with Crippen LogP contribution in [-0.2, 0) is 6.54 Å². The molecule has 0 aromatic carbocycles. The van der Waals surface area contributed by atoms with Crippen molar-refractivity contribution in [3.63, 3.8) is 0 Å². The van der Waals surface area contributed by atoms with Crippen molar-refractivity contribution in [1.29, 1.82) is 0 Å². The summed E-state index contributed by atoms with van der Waals surface area (Å²) in [5.74, 6) is 0. The molecule has 90 valence electrons. The second kappa shape index (κ2) is 5.15. The quantitative estimate of drug-likeness (QED) is 0.773. The van der Waals surface area contributed by atoms with Crippen molar-refractivity contribution in [3.05, 3.63) is 10.6 Å². The van der Waals surface area contributed by atoms with Gasteiger partial charge in [0, 0.05) is 24.5 Å². The molecule has 0 radical (unpaired) electrons. The van der Waals surface area contributed by atoms with Gasteiger partial charge in [-0.3, -0.25) is 0 Å². The Balaban J connectivity index is 1.97. The summed E-state index contributed by atoms with van der Waals surface area (Å²) >= 11 is 1.84. The normalized spacial score (nSPS) is 15.4. The molecule has 1 saturated carbocycles. The Morgan fingerprint density at radius 2 is 2.25 bits per heavy atom. The molecule has 1 heterocycles. The Kier molecular flexibility index (Phi) is 3.82. The van der Waals surface area contributed by atoms with Crippen molar-refractivity contribution in [2.24, 2.45) is 0 Å². The molecular weight excluding hydrogens is 218 g/mol. The molecule has 0 aliphatic heterocycles. The fourth-order valence-corrected chi connectivity index (χ4v) is 2.79. The molecule has 0 saturated heterocycles. The van der Waals surface area contributed by atoms with Gasteiger partial charge >= 0.3 is 0 Å². The average Bonchev–Trinajstić information content (AvgIpc) is 3.04. The number of aromatic nitrogens is 1. The van der Waals surface area contributed by atoms with Crippen LogP contribution in [0.25, 0.3) is 0 Å². The minimum atomic E-state index is 0.752. The van der Waals surface area contributed by atoms with E-state index in [1.807, 2.05) is 11.3 Å². The minimum Gasteiger partial charge on any atom is -0.348 e.